The molecule has 1 atom stereocenters. The van der Waals surface area contributed by atoms with Crippen LogP contribution in [0.5, 0.6) is 0 Å². The number of likely N-dealkylation sites (tertiary alicyclic amines) is 1. The molecule has 108 valence electrons. The normalized spacial score (nSPS) is 25.4. The van der Waals surface area contributed by atoms with Gasteiger partial charge in [-0.25, -0.2) is 0 Å². The Labute approximate surface area is 114 Å². The third kappa shape index (κ3) is 3.69. The summed E-state index contributed by atoms with van der Waals surface area (Å²) in [5.74, 6) is -0.0444. The summed E-state index contributed by atoms with van der Waals surface area (Å²) in [7, 11) is 0. The lowest BCUT2D eigenvalue weighted by molar-refractivity contribution is -0.130. The molecule has 0 radical (unpaired) electrons. The summed E-state index contributed by atoms with van der Waals surface area (Å²) in [6.45, 7) is 1.53. The Morgan fingerprint density at radius 3 is 2.58 bits per heavy atom. The number of nitrogens with zero attached hydrogens (tertiary/aromatic N) is 1. The van der Waals surface area contributed by atoms with Crippen LogP contribution in [0.15, 0.2) is 0 Å². The lowest BCUT2D eigenvalue weighted by Crippen LogP contribution is -2.39. The standard InChI is InChI=1S/C14H25N3O2/c15-7-8-16-14(19)11-9-13(18)17(10-11)12-5-3-1-2-4-6-12/h11-12H,1-10,15H2,(H,16,19). The van der Waals surface area contributed by atoms with Crippen LogP contribution in [0.25, 0.3) is 0 Å². The topological polar surface area (TPSA) is 75.4 Å². The second-order valence-electron chi connectivity index (χ2n) is 5.67. The van der Waals surface area contributed by atoms with Gasteiger partial charge in [-0.2, -0.15) is 0 Å². The number of amides is 2. The van der Waals surface area contributed by atoms with Gasteiger partial charge in [0.25, 0.3) is 0 Å². The minimum Gasteiger partial charge on any atom is -0.355 e. The number of carbonyl (C=O) groups is 2. The van der Waals surface area contributed by atoms with E-state index in [4.69, 9.17) is 5.73 Å². The Morgan fingerprint density at radius 2 is 1.95 bits per heavy atom. The first-order valence-electron chi connectivity index (χ1n) is 7.49. The van der Waals surface area contributed by atoms with Gasteiger partial charge < -0.3 is 16.0 Å². The molecule has 1 saturated heterocycles. The van der Waals surface area contributed by atoms with Gasteiger partial charge >= 0.3 is 0 Å². The summed E-state index contributed by atoms with van der Waals surface area (Å²) in [4.78, 5) is 26.0. The van der Waals surface area contributed by atoms with Gasteiger partial charge in [-0.15, -0.1) is 0 Å². The molecule has 1 aliphatic carbocycles. The Hall–Kier alpha value is -1.10. The predicted molar refractivity (Wildman–Crippen MR) is 73.4 cm³/mol. The molecular weight excluding hydrogens is 242 g/mol. The van der Waals surface area contributed by atoms with E-state index >= 15 is 0 Å². The van der Waals surface area contributed by atoms with Gasteiger partial charge in [0.15, 0.2) is 0 Å². The largest absolute Gasteiger partial charge is 0.355 e. The molecular formula is C14H25N3O2. The zero-order valence-corrected chi connectivity index (χ0v) is 11.6. The van der Waals surface area contributed by atoms with Gasteiger partial charge in [-0.3, -0.25) is 9.59 Å². The van der Waals surface area contributed by atoms with Crippen LogP contribution in [0.2, 0.25) is 0 Å². The van der Waals surface area contributed by atoms with Crippen molar-refractivity contribution in [3.63, 3.8) is 0 Å². The molecule has 1 saturated carbocycles. The highest BCUT2D eigenvalue weighted by Gasteiger charge is 2.37. The van der Waals surface area contributed by atoms with Crippen molar-refractivity contribution < 1.29 is 9.59 Å². The minimum absolute atomic E-state index is 0.0186. The van der Waals surface area contributed by atoms with Crippen LogP contribution in [-0.4, -0.2) is 42.4 Å². The highest BCUT2D eigenvalue weighted by Crippen LogP contribution is 2.28. The summed E-state index contributed by atoms with van der Waals surface area (Å²) >= 11 is 0. The molecule has 0 aromatic rings. The summed E-state index contributed by atoms with van der Waals surface area (Å²) in [5, 5.41) is 2.79. The summed E-state index contributed by atoms with van der Waals surface area (Å²) in [6, 6.07) is 0.363. The van der Waals surface area contributed by atoms with Crippen molar-refractivity contribution in [1.29, 1.82) is 0 Å². The molecule has 2 fully saturated rings. The molecule has 2 aliphatic rings. The van der Waals surface area contributed by atoms with Gasteiger partial charge in [0, 0.05) is 32.1 Å². The van der Waals surface area contributed by atoms with Crippen molar-refractivity contribution in [2.24, 2.45) is 11.7 Å². The number of nitrogens with one attached hydrogen (secondary N) is 1. The Morgan fingerprint density at radius 1 is 1.26 bits per heavy atom. The van der Waals surface area contributed by atoms with Crippen molar-refractivity contribution in [3.8, 4) is 0 Å². The lowest BCUT2D eigenvalue weighted by atomic mass is 10.1. The summed E-state index contributed by atoms with van der Waals surface area (Å²) < 4.78 is 0. The quantitative estimate of drug-likeness (QED) is 0.734. The van der Waals surface area contributed by atoms with E-state index in [1.165, 1.54) is 25.7 Å². The molecule has 2 rings (SSSR count). The average molecular weight is 267 g/mol. The second kappa shape index (κ2) is 6.89. The molecule has 5 nitrogen and oxygen atoms in total. The van der Waals surface area contributed by atoms with E-state index in [1.54, 1.807) is 0 Å². The smallest absolute Gasteiger partial charge is 0.225 e. The van der Waals surface area contributed by atoms with E-state index in [1.807, 2.05) is 4.90 Å². The zero-order chi connectivity index (χ0) is 13.7. The number of nitrogens with two attached hydrogens (primary N) is 1. The molecule has 0 aromatic carbocycles. The fourth-order valence-electron chi connectivity index (χ4n) is 3.17. The van der Waals surface area contributed by atoms with Crippen LogP contribution in [-0.2, 0) is 9.59 Å². The Balaban J connectivity index is 1.89. The zero-order valence-electron chi connectivity index (χ0n) is 11.6. The molecule has 2 amide bonds. The molecule has 3 N–H and O–H groups in total. The molecule has 0 aromatic heterocycles. The third-order valence-corrected chi connectivity index (χ3v) is 4.24. The van der Waals surface area contributed by atoms with Crippen LogP contribution < -0.4 is 11.1 Å². The third-order valence-electron chi connectivity index (χ3n) is 4.24. The maximum atomic E-state index is 12.1. The van der Waals surface area contributed by atoms with E-state index in [2.05, 4.69) is 5.32 Å². The number of rotatable bonds is 4. The molecule has 1 aliphatic heterocycles. The van der Waals surface area contributed by atoms with E-state index in [-0.39, 0.29) is 17.7 Å². The maximum Gasteiger partial charge on any atom is 0.225 e. The van der Waals surface area contributed by atoms with Crippen molar-refractivity contribution in [2.45, 2.75) is 51.0 Å². The van der Waals surface area contributed by atoms with Gasteiger partial charge in [0.1, 0.15) is 0 Å². The summed E-state index contributed by atoms with van der Waals surface area (Å²) in [6.07, 6.45) is 7.54. The van der Waals surface area contributed by atoms with Crippen LogP contribution in [0, 0.1) is 5.92 Å². The van der Waals surface area contributed by atoms with E-state index in [9.17, 15) is 9.59 Å². The Kier molecular flexibility index (Phi) is 5.19. The fourth-order valence-corrected chi connectivity index (χ4v) is 3.17. The maximum absolute atomic E-state index is 12.1. The SMILES string of the molecule is NCCNC(=O)C1CC(=O)N(C2CCCCCC2)C1. The van der Waals surface area contributed by atoms with Gasteiger partial charge in [0.2, 0.25) is 11.8 Å². The first-order valence-corrected chi connectivity index (χ1v) is 7.49. The second-order valence-corrected chi connectivity index (χ2v) is 5.67. The number of hydrogen-bond donors (Lipinski definition) is 2. The van der Waals surface area contributed by atoms with Crippen LogP contribution in [0.1, 0.15) is 44.9 Å². The van der Waals surface area contributed by atoms with Gasteiger partial charge in [0.05, 0.1) is 5.92 Å². The van der Waals surface area contributed by atoms with Crippen molar-refractivity contribution in [1.82, 2.24) is 10.2 Å². The average Bonchev–Trinajstić information content (AvgIpc) is 2.64. The van der Waals surface area contributed by atoms with Crippen LogP contribution in [0.3, 0.4) is 0 Å². The van der Waals surface area contributed by atoms with Gasteiger partial charge in [-0.05, 0) is 12.8 Å². The van der Waals surface area contributed by atoms with Crippen LogP contribution >= 0.6 is 0 Å². The molecule has 19 heavy (non-hydrogen) atoms. The highest BCUT2D eigenvalue weighted by molar-refractivity contribution is 5.89. The Bertz CT molecular complexity index is 325. The molecule has 0 bridgehead atoms. The monoisotopic (exact) mass is 267 g/mol. The van der Waals surface area contributed by atoms with Crippen LogP contribution in [0.4, 0.5) is 0 Å². The first-order chi connectivity index (χ1) is 9.22. The van der Waals surface area contributed by atoms with Gasteiger partial charge in [-0.1, -0.05) is 25.7 Å². The predicted octanol–water partition coefficient (Wildman–Crippen LogP) is 0.633. The fraction of sp³-hybridized carbons (Fsp3) is 0.857. The van der Waals surface area contributed by atoms with E-state index in [0.29, 0.717) is 32.1 Å². The molecule has 1 unspecified atom stereocenters. The summed E-state index contributed by atoms with van der Waals surface area (Å²) in [5.41, 5.74) is 5.37. The van der Waals surface area contributed by atoms with Crippen molar-refractivity contribution >= 4 is 11.8 Å². The van der Waals surface area contributed by atoms with Crippen molar-refractivity contribution in [3.05, 3.63) is 0 Å². The highest BCUT2D eigenvalue weighted by atomic mass is 16.2. The molecule has 5 heteroatoms. The minimum atomic E-state index is -0.178. The molecule has 0 spiro atoms. The van der Waals surface area contributed by atoms with Crippen molar-refractivity contribution in [2.75, 3.05) is 19.6 Å². The van der Waals surface area contributed by atoms with E-state index in [0.717, 1.165) is 12.8 Å². The first kappa shape index (κ1) is 14.3. The lowest BCUT2D eigenvalue weighted by Gasteiger charge is -2.27. The number of carbonyl (C=O) groups excluding carboxylic acids is 2. The molecule has 1 heterocycles. The number of hydrogen-bond acceptors (Lipinski definition) is 3. The van der Waals surface area contributed by atoms with E-state index < -0.39 is 0 Å².